The number of carbonyl (C=O) groups is 2. The third-order valence-corrected chi connectivity index (χ3v) is 5.70. The summed E-state index contributed by atoms with van der Waals surface area (Å²) in [7, 11) is 3.08. The normalized spacial score (nSPS) is 13.5. The number of anilines is 2. The molecule has 1 heterocycles. The molecule has 1 aliphatic rings. The van der Waals surface area contributed by atoms with Gasteiger partial charge in [0.25, 0.3) is 11.8 Å². The summed E-state index contributed by atoms with van der Waals surface area (Å²) in [4.78, 5) is 28.4. The molecule has 0 fully saturated rings. The van der Waals surface area contributed by atoms with Crippen LogP contribution in [-0.4, -0.2) is 26.0 Å². The van der Waals surface area contributed by atoms with Crippen LogP contribution in [0.1, 0.15) is 22.3 Å². The van der Waals surface area contributed by atoms with E-state index in [1.54, 1.807) is 37.4 Å². The lowest BCUT2D eigenvalue weighted by Gasteiger charge is -2.16. The van der Waals surface area contributed by atoms with Gasteiger partial charge in [-0.25, -0.2) is 4.90 Å². The predicted molar refractivity (Wildman–Crippen MR) is 130 cm³/mol. The van der Waals surface area contributed by atoms with Gasteiger partial charge in [0.05, 0.1) is 25.5 Å². The van der Waals surface area contributed by atoms with Crippen LogP contribution in [0.5, 0.6) is 11.5 Å². The Kier molecular flexibility index (Phi) is 5.92. The average Bonchev–Trinajstić information content (AvgIpc) is 3.05. The number of hydrogen-bond donors (Lipinski definition) is 1. The standard InChI is InChI=1S/C27H26N2O4/c1-16-7-11-20(12-8-16)29-26(30)24(19-10-13-22(32-4)23(15-19)33-5)25(27(29)31)28-21-14-17(2)6-9-18(21)3/h6-15,28H,1-5H3. The predicted octanol–water partition coefficient (Wildman–Crippen LogP) is 5.03. The van der Waals surface area contributed by atoms with E-state index in [9.17, 15) is 9.59 Å². The largest absolute Gasteiger partial charge is 0.493 e. The van der Waals surface area contributed by atoms with Crippen LogP contribution in [-0.2, 0) is 9.59 Å². The maximum atomic E-state index is 13.6. The molecule has 1 N–H and O–H groups in total. The number of amides is 2. The third-order valence-electron chi connectivity index (χ3n) is 5.70. The first-order chi connectivity index (χ1) is 15.8. The molecule has 3 aromatic carbocycles. The highest BCUT2D eigenvalue weighted by Gasteiger charge is 2.40. The van der Waals surface area contributed by atoms with Gasteiger partial charge in [0.1, 0.15) is 5.70 Å². The summed E-state index contributed by atoms with van der Waals surface area (Å²) in [5.74, 6) is 0.207. The number of aryl methyl sites for hydroxylation is 3. The molecule has 0 aliphatic carbocycles. The number of hydrogen-bond acceptors (Lipinski definition) is 5. The summed E-state index contributed by atoms with van der Waals surface area (Å²) in [5, 5.41) is 3.25. The molecule has 0 radical (unpaired) electrons. The second-order valence-corrected chi connectivity index (χ2v) is 8.04. The number of imide groups is 1. The molecule has 1 aliphatic heterocycles. The first-order valence-corrected chi connectivity index (χ1v) is 10.6. The number of nitrogens with one attached hydrogen (secondary N) is 1. The number of benzene rings is 3. The van der Waals surface area contributed by atoms with Gasteiger partial charge < -0.3 is 14.8 Å². The van der Waals surface area contributed by atoms with Gasteiger partial charge in [-0.2, -0.15) is 0 Å². The van der Waals surface area contributed by atoms with E-state index in [1.165, 1.54) is 12.0 Å². The molecule has 4 rings (SSSR count). The molecule has 0 unspecified atom stereocenters. The van der Waals surface area contributed by atoms with Crippen molar-refractivity contribution in [1.82, 2.24) is 0 Å². The van der Waals surface area contributed by atoms with Gasteiger partial charge in [-0.3, -0.25) is 9.59 Å². The van der Waals surface area contributed by atoms with E-state index in [-0.39, 0.29) is 11.3 Å². The minimum Gasteiger partial charge on any atom is -0.493 e. The van der Waals surface area contributed by atoms with E-state index in [4.69, 9.17) is 9.47 Å². The van der Waals surface area contributed by atoms with Crippen LogP contribution in [0.15, 0.2) is 66.4 Å². The first kappa shape index (κ1) is 22.1. The second-order valence-electron chi connectivity index (χ2n) is 8.04. The van der Waals surface area contributed by atoms with Crippen molar-refractivity contribution in [2.45, 2.75) is 20.8 Å². The van der Waals surface area contributed by atoms with Gasteiger partial charge in [0.15, 0.2) is 11.5 Å². The molecular weight excluding hydrogens is 416 g/mol. The van der Waals surface area contributed by atoms with Crippen LogP contribution >= 0.6 is 0 Å². The third kappa shape index (κ3) is 4.07. The number of carbonyl (C=O) groups excluding carboxylic acids is 2. The summed E-state index contributed by atoms with van der Waals surface area (Å²) < 4.78 is 10.8. The van der Waals surface area contributed by atoms with Crippen molar-refractivity contribution in [2.75, 3.05) is 24.4 Å². The minimum atomic E-state index is -0.408. The van der Waals surface area contributed by atoms with Crippen molar-refractivity contribution >= 4 is 28.8 Å². The fourth-order valence-corrected chi connectivity index (χ4v) is 3.84. The van der Waals surface area contributed by atoms with Crippen LogP contribution in [0, 0.1) is 20.8 Å². The summed E-state index contributed by atoms with van der Waals surface area (Å²) in [6.45, 7) is 5.89. The molecule has 0 bridgehead atoms. The summed E-state index contributed by atoms with van der Waals surface area (Å²) in [6, 6.07) is 18.4. The molecule has 3 aromatic rings. The fraction of sp³-hybridized carbons (Fsp3) is 0.185. The molecule has 2 amide bonds. The number of ether oxygens (including phenoxy) is 2. The van der Waals surface area contributed by atoms with Crippen molar-refractivity contribution in [3.05, 3.63) is 88.6 Å². The molecule has 6 nitrogen and oxygen atoms in total. The SMILES string of the molecule is COc1ccc(C2=C(Nc3cc(C)ccc3C)C(=O)N(c3ccc(C)cc3)C2=O)cc1OC. The highest BCUT2D eigenvalue weighted by Crippen LogP contribution is 2.37. The fourth-order valence-electron chi connectivity index (χ4n) is 3.84. The summed E-state index contributed by atoms with van der Waals surface area (Å²) >= 11 is 0. The Bertz CT molecular complexity index is 1280. The topological polar surface area (TPSA) is 67.9 Å². The van der Waals surface area contributed by atoms with Crippen molar-refractivity contribution in [2.24, 2.45) is 0 Å². The zero-order valence-corrected chi connectivity index (χ0v) is 19.4. The molecule has 168 valence electrons. The number of nitrogens with zero attached hydrogens (tertiary/aromatic N) is 1. The average molecular weight is 443 g/mol. The first-order valence-electron chi connectivity index (χ1n) is 10.6. The molecule has 33 heavy (non-hydrogen) atoms. The van der Waals surface area contributed by atoms with Crippen LogP contribution in [0.3, 0.4) is 0 Å². The molecule has 0 saturated heterocycles. The Balaban J connectivity index is 1.87. The smallest absolute Gasteiger partial charge is 0.282 e. The van der Waals surface area contributed by atoms with Gasteiger partial charge >= 0.3 is 0 Å². The Labute approximate surface area is 193 Å². The Hall–Kier alpha value is -4.06. The molecule has 0 spiro atoms. The summed E-state index contributed by atoms with van der Waals surface area (Å²) in [6.07, 6.45) is 0. The van der Waals surface area contributed by atoms with Gasteiger partial charge in [-0.15, -0.1) is 0 Å². The van der Waals surface area contributed by atoms with E-state index in [0.717, 1.165) is 22.4 Å². The molecule has 0 atom stereocenters. The van der Waals surface area contributed by atoms with Crippen molar-refractivity contribution < 1.29 is 19.1 Å². The van der Waals surface area contributed by atoms with E-state index >= 15 is 0 Å². The van der Waals surface area contributed by atoms with Crippen LogP contribution < -0.4 is 19.7 Å². The Morgan fingerprint density at radius 1 is 0.727 bits per heavy atom. The van der Waals surface area contributed by atoms with E-state index in [2.05, 4.69) is 5.32 Å². The highest BCUT2D eigenvalue weighted by molar-refractivity contribution is 6.46. The molecule has 0 aromatic heterocycles. The lowest BCUT2D eigenvalue weighted by molar-refractivity contribution is -0.120. The molecule has 6 heteroatoms. The van der Waals surface area contributed by atoms with E-state index < -0.39 is 11.8 Å². The zero-order chi connectivity index (χ0) is 23.7. The number of methoxy groups -OCH3 is 2. The van der Waals surface area contributed by atoms with Crippen molar-refractivity contribution in [1.29, 1.82) is 0 Å². The maximum absolute atomic E-state index is 13.6. The Morgan fingerprint density at radius 2 is 1.39 bits per heavy atom. The van der Waals surface area contributed by atoms with Gasteiger partial charge in [-0.1, -0.05) is 35.9 Å². The van der Waals surface area contributed by atoms with E-state index in [0.29, 0.717) is 22.7 Å². The maximum Gasteiger partial charge on any atom is 0.282 e. The van der Waals surface area contributed by atoms with Crippen molar-refractivity contribution in [3.8, 4) is 11.5 Å². The second kappa shape index (κ2) is 8.82. The molecule has 0 saturated carbocycles. The van der Waals surface area contributed by atoms with Crippen LogP contribution in [0.2, 0.25) is 0 Å². The zero-order valence-electron chi connectivity index (χ0n) is 19.4. The van der Waals surface area contributed by atoms with Gasteiger partial charge in [-0.05, 0) is 67.8 Å². The van der Waals surface area contributed by atoms with Gasteiger partial charge in [0.2, 0.25) is 0 Å². The monoisotopic (exact) mass is 442 g/mol. The quantitative estimate of drug-likeness (QED) is 0.543. The lowest BCUT2D eigenvalue weighted by Crippen LogP contribution is -2.32. The summed E-state index contributed by atoms with van der Waals surface area (Å²) in [5.41, 5.74) is 5.41. The lowest BCUT2D eigenvalue weighted by atomic mass is 10.0. The van der Waals surface area contributed by atoms with Crippen LogP contribution in [0.4, 0.5) is 11.4 Å². The van der Waals surface area contributed by atoms with Crippen LogP contribution in [0.25, 0.3) is 5.57 Å². The van der Waals surface area contributed by atoms with Gasteiger partial charge in [0, 0.05) is 5.69 Å². The molecular formula is C27H26N2O4. The highest BCUT2D eigenvalue weighted by atomic mass is 16.5. The Morgan fingerprint density at radius 3 is 2.06 bits per heavy atom. The van der Waals surface area contributed by atoms with Crippen molar-refractivity contribution in [3.63, 3.8) is 0 Å². The number of rotatable bonds is 6. The minimum absolute atomic E-state index is 0.224. The van der Waals surface area contributed by atoms with E-state index in [1.807, 2.05) is 51.1 Å².